The summed E-state index contributed by atoms with van der Waals surface area (Å²) in [5, 5.41) is 8.59. The Balaban J connectivity index is 2.16. The Kier molecular flexibility index (Phi) is 4.15. The minimum absolute atomic E-state index is 0.690. The third-order valence-electron chi connectivity index (χ3n) is 3.42. The van der Waals surface area contributed by atoms with E-state index in [1.54, 1.807) is 0 Å². The predicted octanol–water partition coefficient (Wildman–Crippen LogP) is 4.09. The number of halogens is 1. The van der Waals surface area contributed by atoms with E-state index in [2.05, 4.69) is 49.4 Å². The fourth-order valence-electron chi connectivity index (χ4n) is 2.08. The highest BCUT2D eigenvalue weighted by molar-refractivity contribution is 6.31. The fourth-order valence-corrected chi connectivity index (χ4v) is 2.28. The summed E-state index contributed by atoms with van der Waals surface area (Å²) in [6.07, 6.45) is 0. The maximum Gasteiger partial charge on any atom is 0.0865 e. The molecular weight excluding hydrogens is 258 g/mol. The molecule has 19 heavy (non-hydrogen) atoms. The van der Waals surface area contributed by atoms with Crippen molar-refractivity contribution >= 4 is 17.3 Å². The minimum atomic E-state index is 0.690. The molecule has 3 nitrogen and oxygen atoms in total. The van der Waals surface area contributed by atoms with Crippen LogP contribution in [-0.4, -0.2) is 9.78 Å². The Morgan fingerprint density at radius 1 is 1.21 bits per heavy atom. The lowest BCUT2D eigenvalue weighted by atomic mass is 10.1. The molecule has 1 N–H and O–H groups in total. The van der Waals surface area contributed by atoms with Crippen LogP contribution in [0.4, 0.5) is 5.69 Å². The summed E-state index contributed by atoms with van der Waals surface area (Å²) in [4.78, 5) is 0. The predicted molar refractivity (Wildman–Crippen MR) is 80.9 cm³/mol. The number of aryl methyl sites for hydroxylation is 4. The van der Waals surface area contributed by atoms with E-state index in [9.17, 15) is 0 Å². The Hall–Kier alpha value is -1.48. The van der Waals surface area contributed by atoms with Gasteiger partial charge in [-0.2, -0.15) is 5.10 Å². The highest BCUT2D eigenvalue weighted by atomic mass is 35.5. The molecule has 0 atom stereocenters. The van der Waals surface area contributed by atoms with Gasteiger partial charge in [-0.05, 0) is 51.0 Å². The first kappa shape index (κ1) is 13.9. The molecular formula is C15H20ClN3. The number of nitrogens with one attached hydrogen (secondary N) is 1. The van der Waals surface area contributed by atoms with Crippen LogP contribution in [0.25, 0.3) is 0 Å². The highest BCUT2D eigenvalue weighted by Gasteiger charge is 2.11. The average molecular weight is 278 g/mol. The number of nitrogens with zero attached hydrogens (tertiary/aromatic N) is 2. The molecule has 0 aliphatic heterocycles. The molecule has 0 spiro atoms. The van der Waals surface area contributed by atoms with Crippen molar-refractivity contribution in [3.05, 3.63) is 45.7 Å². The molecule has 102 valence electrons. The second-order valence-electron chi connectivity index (χ2n) is 4.81. The average Bonchev–Trinajstić information content (AvgIpc) is 2.67. The van der Waals surface area contributed by atoms with E-state index in [4.69, 9.17) is 11.6 Å². The second-order valence-corrected chi connectivity index (χ2v) is 5.19. The lowest BCUT2D eigenvalue weighted by Gasteiger charge is -2.10. The van der Waals surface area contributed by atoms with E-state index < -0.39 is 0 Å². The van der Waals surface area contributed by atoms with Crippen LogP contribution in [0.3, 0.4) is 0 Å². The van der Waals surface area contributed by atoms with Crippen LogP contribution in [-0.2, 0) is 13.1 Å². The zero-order chi connectivity index (χ0) is 14.0. The SMILES string of the molecule is CCn1nc(C)c(Cl)c1CNc1ccc(C)c(C)c1. The van der Waals surface area contributed by atoms with Gasteiger partial charge in [-0.25, -0.2) is 0 Å². The first-order valence-electron chi connectivity index (χ1n) is 6.55. The van der Waals surface area contributed by atoms with Gasteiger partial charge in [-0.1, -0.05) is 17.7 Å². The Labute approximate surface area is 119 Å². The van der Waals surface area contributed by atoms with Crippen molar-refractivity contribution in [3.8, 4) is 0 Å². The summed E-state index contributed by atoms with van der Waals surface area (Å²) in [6, 6.07) is 6.38. The van der Waals surface area contributed by atoms with E-state index in [0.29, 0.717) is 6.54 Å². The standard InChI is InChI=1S/C15H20ClN3/c1-5-19-14(15(16)12(4)18-19)9-17-13-7-6-10(2)11(3)8-13/h6-8,17H,5,9H2,1-4H3. The van der Waals surface area contributed by atoms with E-state index in [1.165, 1.54) is 11.1 Å². The lowest BCUT2D eigenvalue weighted by Crippen LogP contribution is -2.08. The third kappa shape index (κ3) is 2.92. The number of hydrogen-bond acceptors (Lipinski definition) is 2. The van der Waals surface area contributed by atoms with Crippen LogP contribution >= 0.6 is 11.6 Å². The molecule has 0 aliphatic carbocycles. The normalized spacial score (nSPS) is 10.8. The van der Waals surface area contributed by atoms with Crippen molar-refractivity contribution in [2.45, 2.75) is 40.8 Å². The largest absolute Gasteiger partial charge is 0.379 e. The molecule has 1 aromatic heterocycles. The molecule has 0 saturated carbocycles. The molecule has 1 aromatic carbocycles. The number of hydrogen-bond donors (Lipinski definition) is 1. The first-order chi connectivity index (χ1) is 9.02. The van der Waals surface area contributed by atoms with Crippen molar-refractivity contribution in [2.75, 3.05) is 5.32 Å². The maximum atomic E-state index is 6.29. The van der Waals surface area contributed by atoms with Crippen molar-refractivity contribution in [1.29, 1.82) is 0 Å². The van der Waals surface area contributed by atoms with Crippen LogP contribution in [0, 0.1) is 20.8 Å². The maximum absolute atomic E-state index is 6.29. The lowest BCUT2D eigenvalue weighted by molar-refractivity contribution is 0.623. The quantitative estimate of drug-likeness (QED) is 0.912. The van der Waals surface area contributed by atoms with Gasteiger partial charge in [-0.3, -0.25) is 4.68 Å². The summed E-state index contributed by atoms with van der Waals surface area (Å²) in [5.74, 6) is 0. The van der Waals surface area contributed by atoms with E-state index in [1.807, 2.05) is 11.6 Å². The van der Waals surface area contributed by atoms with Crippen molar-refractivity contribution in [2.24, 2.45) is 0 Å². The molecule has 2 aromatic rings. The molecule has 1 heterocycles. The Bertz CT molecular complexity index is 587. The first-order valence-corrected chi connectivity index (χ1v) is 6.93. The molecule has 0 aliphatic rings. The van der Waals surface area contributed by atoms with Gasteiger partial charge in [0.2, 0.25) is 0 Å². The molecule has 0 fully saturated rings. The molecule has 0 amide bonds. The molecule has 0 unspecified atom stereocenters. The minimum Gasteiger partial charge on any atom is -0.379 e. The third-order valence-corrected chi connectivity index (χ3v) is 3.91. The van der Waals surface area contributed by atoms with Gasteiger partial charge < -0.3 is 5.32 Å². The van der Waals surface area contributed by atoms with Crippen LogP contribution in [0.15, 0.2) is 18.2 Å². The summed E-state index contributed by atoms with van der Waals surface area (Å²) >= 11 is 6.29. The van der Waals surface area contributed by atoms with Gasteiger partial charge in [0.05, 0.1) is 23.0 Å². The molecule has 0 bridgehead atoms. The van der Waals surface area contributed by atoms with E-state index in [-0.39, 0.29) is 0 Å². The molecule has 4 heteroatoms. The second kappa shape index (κ2) is 5.66. The Morgan fingerprint density at radius 3 is 2.58 bits per heavy atom. The number of aromatic nitrogens is 2. The van der Waals surface area contributed by atoms with Crippen LogP contribution in [0.1, 0.15) is 29.4 Å². The van der Waals surface area contributed by atoms with Crippen molar-refractivity contribution in [1.82, 2.24) is 9.78 Å². The highest BCUT2D eigenvalue weighted by Crippen LogP contribution is 2.22. The number of benzene rings is 1. The van der Waals surface area contributed by atoms with Crippen LogP contribution in [0.2, 0.25) is 5.02 Å². The zero-order valence-electron chi connectivity index (χ0n) is 11.9. The molecule has 0 radical (unpaired) electrons. The smallest absolute Gasteiger partial charge is 0.0865 e. The van der Waals surface area contributed by atoms with Gasteiger partial charge in [0.25, 0.3) is 0 Å². The van der Waals surface area contributed by atoms with E-state index >= 15 is 0 Å². The van der Waals surface area contributed by atoms with Crippen LogP contribution < -0.4 is 5.32 Å². The monoisotopic (exact) mass is 277 g/mol. The van der Waals surface area contributed by atoms with Gasteiger partial charge >= 0.3 is 0 Å². The fraction of sp³-hybridized carbons (Fsp3) is 0.400. The Morgan fingerprint density at radius 2 is 1.95 bits per heavy atom. The van der Waals surface area contributed by atoms with Crippen LogP contribution in [0.5, 0.6) is 0 Å². The number of anilines is 1. The zero-order valence-corrected chi connectivity index (χ0v) is 12.7. The molecule has 0 saturated heterocycles. The van der Waals surface area contributed by atoms with E-state index in [0.717, 1.165) is 28.6 Å². The van der Waals surface area contributed by atoms with Gasteiger partial charge in [0.15, 0.2) is 0 Å². The van der Waals surface area contributed by atoms with Gasteiger partial charge in [-0.15, -0.1) is 0 Å². The van der Waals surface area contributed by atoms with Crippen molar-refractivity contribution < 1.29 is 0 Å². The number of rotatable bonds is 4. The van der Waals surface area contributed by atoms with Gasteiger partial charge in [0.1, 0.15) is 0 Å². The van der Waals surface area contributed by atoms with Crippen molar-refractivity contribution in [3.63, 3.8) is 0 Å². The summed E-state index contributed by atoms with van der Waals surface area (Å²) in [7, 11) is 0. The topological polar surface area (TPSA) is 29.9 Å². The summed E-state index contributed by atoms with van der Waals surface area (Å²) < 4.78 is 1.95. The molecule has 2 rings (SSSR count). The summed E-state index contributed by atoms with van der Waals surface area (Å²) in [5.41, 5.74) is 5.63. The van der Waals surface area contributed by atoms with Gasteiger partial charge in [0, 0.05) is 12.2 Å². The summed E-state index contributed by atoms with van der Waals surface area (Å²) in [6.45, 7) is 9.77.